The number of nitrogens with zero attached hydrogens (tertiary/aromatic N) is 2. The van der Waals surface area contributed by atoms with Crippen molar-refractivity contribution < 1.29 is 9.53 Å². The summed E-state index contributed by atoms with van der Waals surface area (Å²) < 4.78 is 7.13. The second kappa shape index (κ2) is 9.83. The lowest BCUT2D eigenvalue weighted by Gasteiger charge is -2.13. The zero-order valence-electron chi connectivity index (χ0n) is 18.5. The number of hydrogen-bond donors (Lipinski definition) is 1. The van der Waals surface area contributed by atoms with Crippen LogP contribution in [-0.4, -0.2) is 15.5 Å². The van der Waals surface area contributed by atoms with Crippen molar-refractivity contribution in [2.45, 2.75) is 6.54 Å². The van der Waals surface area contributed by atoms with Crippen molar-refractivity contribution in [3.8, 4) is 22.8 Å². The minimum Gasteiger partial charge on any atom is -0.457 e. The third-order valence-corrected chi connectivity index (χ3v) is 5.64. The zero-order valence-corrected chi connectivity index (χ0v) is 19.3. The van der Waals surface area contributed by atoms with E-state index >= 15 is 0 Å². The van der Waals surface area contributed by atoms with Crippen molar-refractivity contribution in [2.75, 3.05) is 5.32 Å². The number of nitrogens with one attached hydrogen (secondary N) is 1. The number of rotatable bonds is 6. The van der Waals surface area contributed by atoms with Gasteiger partial charge in [0.2, 0.25) is 5.91 Å². The lowest BCUT2D eigenvalue weighted by Crippen LogP contribution is -2.30. The summed E-state index contributed by atoms with van der Waals surface area (Å²) >= 11 is 6.24. The molecule has 0 atom stereocenters. The van der Waals surface area contributed by atoms with Gasteiger partial charge in [-0.15, -0.1) is 0 Å². The van der Waals surface area contributed by atoms with Crippen LogP contribution in [-0.2, 0) is 11.3 Å². The van der Waals surface area contributed by atoms with Crippen molar-refractivity contribution in [1.29, 1.82) is 0 Å². The summed E-state index contributed by atoms with van der Waals surface area (Å²) in [5.41, 5.74) is 1.98. The van der Waals surface area contributed by atoms with Crippen LogP contribution >= 0.6 is 11.6 Å². The molecule has 0 aliphatic heterocycles. The Morgan fingerprint density at radius 3 is 2.23 bits per heavy atom. The summed E-state index contributed by atoms with van der Waals surface area (Å²) in [6.07, 6.45) is 0. The summed E-state index contributed by atoms with van der Waals surface area (Å²) in [5, 5.41) is 4.03. The SMILES string of the molecule is O=C(Cn1c(=O)nc(-c2ccccc2)c2cc(Cl)ccc21)Nc1ccc(Oc2ccccc2)cc1. The van der Waals surface area contributed by atoms with E-state index in [9.17, 15) is 9.59 Å². The number of carbonyl (C=O) groups is 1. The number of amides is 1. The maximum atomic E-state index is 12.9. The summed E-state index contributed by atoms with van der Waals surface area (Å²) in [4.78, 5) is 30.0. The molecule has 0 bridgehead atoms. The van der Waals surface area contributed by atoms with Crippen LogP contribution in [0.1, 0.15) is 0 Å². The molecule has 4 aromatic carbocycles. The average molecular weight is 482 g/mol. The Kier molecular flexibility index (Phi) is 6.28. The normalized spacial score (nSPS) is 10.8. The van der Waals surface area contributed by atoms with Crippen LogP contribution in [0, 0.1) is 0 Å². The average Bonchev–Trinajstić information content (AvgIpc) is 2.88. The molecule has 1 aromatic heterocycles. The van der Waals surface area contributed by atoms with Crippen molar-refractivity contribution in [1.82, 2.24) is 9.55 Å². The highest BCUT2D eigenvalue weighted by atomic mass is 35.5. The largest absolute Gasteiger partial charge is 0.457 e. The van der Waals surface area contributed by atoms with Gasteiger partial charge in [-0.05, 0) is 54.6 Å². The molecule has 5 aromatic rings. The van der Waals surface area contributed by atoms with Gasteiger partial charge in [0.05, 0.1) is 11.2 Å². The number of halogens is 1. The van der Waals surface area contributed by atoms with E-state index in [2.05, 4.69) is 10.3 Å². The van der Waals surface area contributed by atoms with Crippen LogP contribution in [0.5, 0.6) is 11.5 Å². The standard InChI is InChI=1S/C28H20ClN3O3/c29-20-11-16-25-24(17-20)27(19-7-3-1-4-8-19)31-28(34)32(25)18-26(33)30-21-12-14-23(15-13-21)35-22-9-5-2-6-10-22/h1-17H,18H2,(H,30,33). The summed E-state index contributed by atoms with van der Waals surface area (Å²) in [5.74, 6) is 1.02. The van der Waals surface area contributed by atoms with Crippen LogP contribution < -0.4 is 15.7 Å². The van der Waals surface area contributed by atoms with Gasteiger partial charge >= 0.3 is 5.69 Å². The number of benzene rings is 4. The number of fused-ring (bicyclic) bond motifs is 1. The fourth-order valence-electron chi connectivity index (χ4n) is 3.80. The Hall–Kier alpha value is -4.42. The molecule has 0 saturated heterocycles. The number of carbonyl (C=O) groups excluding carboxylic acids is 1. The van der Waals surface area contributed by atoms with Gasteiger partial charge in [-0.3, -0.25) is 9.36 Å². The van der Waals surface area contributed by atoms with E-state index in [0.29, 0.717) is 33.1 Å². The first-order valence-corrected chi connectivity index (χ1v) is 11.3. The lowest BCUT2D eigenvalue weighted by molar-refractivity contribution is -0.116. The van der Waals surface area contributed by atoms with Gasteiger partial charge in [0.25, 0.3) is 0 Å². The molecule has 1 amide bonds. The Morgan fingerprint density at radius 1 is 0.857 bits per heavy atom. The van der Waals surface area contributed by atoms with Crippen molar-refractivity contribution >= 4 is 34.1 Å². The first-order chi connectivity index (χ1) is 17.1. The molecular formula is C28H20ClN3O3. The molecule has 1 heterocycles. The molecule has 1 N–H and O–H groups in total. The highest BCUT2D eigenvalue weighted by Crippen LogP contribution is 2.28. The molecule has 6 nitrogen and oxygen atoms in total. The maximum Gasteiger partial charge on any atom is 0.349 e. The molecule has 0 aliphatic rings. The minimum absolute atomic E-state index is 0.193. The monoisotopic (exact) mass is 481 g/mol. The molecule has 5 rings (SSSR count). The van der Waals surface area contributed by atoms with E-state index in [4.69, 9.17) is 16.3 Å². The van der Waals surface area contributed by atoms with Gasteiger partial charge in [-0.25, -0.2) is 4.79 Å². The van der Waals surface area contributed by atoms with Crippen LogP contribution in [0.25, 0.3) is 22.2 Å². The predicted molar refractivity (Wildman–Crippen MR) is 138 cm³/mol. The van der Waals surface area contributed by atoms with Crippen molar-refractivity contribution in [2.24, 2.45) is 0 Å². The second-order valence-corrected chi connectivity index (χ2v) is 8.28. The van der Waals surface area contributed by atoms with Crippen LogP contribution in [0.3, 0.4) is 0 Å². The quantitative estimate of drug-likeness (QED) is 0.316. The highest BCUT2D eigenvalue weighted by Gasteiger charge is 2.15. The maximum absolute atomic E-state index is 12.9. The van der Waals surface area contributed by atoms with E-state index < -0.39 is 5.69 Å². The number of ether oxygens (including phenoxy) is 1. The summed E-state index contributed by atoms with van der Waals surface area (Å²) in [7, 11) is 0. The highest BCUT2D eigenvalue weighted by molar-refractivity contribution is 6.31. The van der Waals surface area contributed by atoms with Crippen molar-refractivity contribution in [3.05, 3.63) is 119 Å². The van der Waals surface area contributed by atoms with E-state index in [0.717, 1.165) is 11.3 Å². The minimum atomic E-state index is -0.513. The Morgan fingerprint density at radius 2 is 1.51 bits per heavy atom. The van der Waals surface area contributed by atoms with Gasteiger partial charge < -0.3 is 10.1 Å². The smallest absolute Gasteiger partial charge is 0.349 e. The van der Waals surface area contributed by atoms with E-state index in [1.165, 1.54) is 4.57 Å². The molecule has 0 unspecified atom stereocenters. The molecule has 0 spiro atoms. The number of para-hydroxylation sites is 1. The van der Waals surface area contributed by atoms with Crippen LogP contribution in [0.4, 0.5) is 5.69 Å². The van der Waals surface area contributed by atoms with Crippen molar-refractivity contribution in [3.63, 3.8) is 0 Å². The van der Waals surface area contributed by atoms with Crippen LogP contribution in [0.15, 0.2) is 108 Å². The molecular weight excluding hydrogens is 462 g/mol. The van der Waals surface area contributed by atoms with E-state index in [1.54, 1.807) is 42.5 Å². The molecule has 0 radical (unpaired) electrons. The Balaban J connectivity index is 1.38. The lowest BCUT2D eigenvalue weighted by atomic mass is 10.1. The second-order valence-electron chi connectivity index (χ2n) is 7.84. The first kappa shape index (κ1) is 22.4. The topological polar surface area (TPSA) is 73.2 Å². The molecule has 0 saturated carbocycles. The summed E-state index contributed by atoms with van der Waals surface area (Å²) in [6.45, 7) is -0.193. The fourth-order valence-corrected chi connectivity index (χ4v) is 3.97. The van der Waals surface area contributed by atoms with Crippen LogP contribution in [0.2, 0.25) is 5.02 Å². The van der Waals surface area contributed by atoms with Gasteiger partial charge in [-0.1, -0.05) is 60.1 Å². The first-order valence-electron chi connectivity index (χ1n) is 11.0. The van der Waals surface area contributed by atoms with E-state index in [-0.39, 0.29) is 12.5 Å². The Labute approximate surface area is 206 Å². The zero-order chi connectivity index (χ0) is 24.2. The Bertz CT molecular complexity index is 1550. The summed E-state index contributed by atoms with van der Waals surface area (Å²) in [6, 6.07) is 31.0. The van der Waals surface area contributed by atoms with Gasteiger partial charge in [0.15, 0.2) is 0 Å². The van der Waals surface area contributed by atoms with E-state index in [1.807, 2.05) is 60.7 Å². The predicted octanol–water partition coefficient (Wildman–Crippen LogP) is 6.15. The van der Waals surface area contributed by atoms with Gasteiger partial charge in [0.1, 0.15) is 18.0 Å². The molecule has 7 heteroatoms. The molecule has 0 fully saturated rings. The number of anilines is 1. The molecule has 0 aliphatic carbocycles. The number of hydrogen-bond acceptors (Lipinski definition) is 4. The third kappa shape index (κ3) is 5.08. The molecule has 35 heavy (non-hydrogen) atoms. The molecule has 172 valence electrons. The third-order valence-electron chi connectivity index (χ3n) is 5.41. The van der Waals surface area contributed by atoms with Gasteiger partial charge in [0, 0.05) is 21.7 Å². The fraction of sp³-hybridized carbons (Fsp3) is 0.0357. The number of aromatic nitrogens is 2. The van der Waals surface area contributed by atoms with Gasteiger partial charge in [-0.2, -0.15) is 4.98 Å².